The molecule has 0 saturated carbocycles. The van der Waals surface area contributed by atoms with Crippen LogP contribution in [0.25, 0.3) is 0 Å². The van der Waals surface area contributed by atoms with Crippen LogP contribution in [0.4, 0.5) is 5.82 Å². The standard InChI is InChI=1S/C9H14ClN3O/c1-6(14-3)5-11-9-4-8(10)12-7(2)13-9/h4,6H,5H2,1-3H3,(H,11,12,13). The topological polar surface area (TPSA) is 47.0 Å². The molecule has 1 atom stereocenters. The van der Waals surface area contributed by atoms with Crippen molar-refractivity contribution in [3.63, 3.8) is 0 Å². The third kappa shape index (κ3) is 3.47. The zero-order chi connectivity index (χ0) is 10.6. The highest BCUT2D eigenvalue weighted by Gasteiger charge is 2.02. The SMILES string of the molecule is COC(C)CNc1cc(Cl)nc(C)n1. The Kier molecular flexibility index (Phi) is 4.10. The molecule has 0 radical (unpaired) electrons. The van der Waals surface area contributed by atoms with Gasteiger partial charge in [0.05, 0.1) is 6.10 Å². The lowest BCUT2D eigenvalue weighted by Gasteiger charge is -2.11. The fraction of sp³-hybridized carbons (Fsp3) is 0.556. The molecule has 0 amide bonds. The fourth-order valence-electron chi connectivity index (χ4n) is 0.953. The fourth-order valence-corrected chi connectivity index (χ4v) is 1.18. The van der Waals surface area contributed by atoms with Crippen LogP contribution in [-0.2, 0) is 4.74 Å². The number of ether oxygens (including phenoxy) is 1. The molecule has 5 heteroatoms. The summed E-state index contributed by atoms with van der Waals surface area (Å²) in [4.78, 5) is 8.14. The molecule has 0 aliphatic carbocycles. The lowest BCUT2D eigenvalue weighted by Crippen LogP contribution is -2.18. The van der Waals surface area contributed by atoms with Crippen LogP contribution in [0.1, 0.15) is 12.7 Å². The highest BCUT2D eigenvalue weighted by molar-refractivity contribution is 6.29. The molecule has 1 unspecified atom stereocenters. The molecule has 0 aliphatic rings. The van der Waals surface area contributed by atoms with Gasteiger partial charge in [-0.25, -0.2) is 9.97 Å². The Morgan fingerprint density at radius 2 is 2.29 bits per heavy atom. The van der Waals surface area contributed by atoms with Crippen LogP contribution < -0.4 is 5.32 Å². The van der Waals surface area contributed by atoms with Crippen molar-refractivity contribution in [3.05, 3.63) is 17.0 Å². The van der Waals surface area contributed by atoms with Gasteiger partial charge in [-0.15, -0.1) is 0 Å². The largest absolute Gasteiger partial charge is 0.380 e. The van der Waals surface area contributed by atoms with Gasteiger partial charge in [0.1, 0.15) is 16.8 Å². The predicted octanol–water partition coefficient (Wildman–Crippen LogP) is 1.89. The third-order valence-electron chi connectivity index (χ3n) is 1.78. The van der Waals surface area contributed by atoms with E-state index in [0.717, 1.165) is 5.82 Å². The van der Waals surface area contributed by atoms with Crippen molar-refractivity contribution in [3.8, 4) is 0 Å². The van der Waals surface area contributed by atoms with Crippen molar-refractivity contribution in [2.75, 3.05) is 19.0 Å². The van der Waals surface area contributed by atoms with Crippen molar-refractivity contribution >= 4 is 17.4 Å². The molecular weight excluding hydrogens is 202 g/mol. The van der Waals surface area contributed by atoms with E-state index in [-0.39, 0.29) is 6.10 Å². The minimum absolute atomic E-state index is 0.143. The molecule has 1 heterocycles. The Balaban J connectivity index is 2.58. The van der Waals surface area contributed by atoms with Gasteiger partial charge in [0.2, 0.25) is 0 Å². The summed E-state index contributed by atoms with van der Waals surface area (Å²) >= 11 is 5.78. The Morgan fingerprint density at radius 3 is 2.86 bits per heavy atom. The number of nitrogens with zero attached hydrogens (tertiary/aromatic N) is 2. The maximum absolute atomic E-state index is 5.78. The summed E-state index contributed by atoms with van der Waals surface area (Å²) in [6.07, 6.45) is 0.143. The lowest BCUT2D eigenvalue weighted by molar-refractivity contribution is 0.128. The summed E-state index contributed by atoms with van der Waals surface area (Å²) in [6, 6.07) is 1.69. The van der Waals surface area contributed by atoms with E-state index in [4.69, 9.17) is 16.3 Å². The van der Waals surface area contributed by atoms with Gasteiger partial charge < -0.3 is 10.1 Å². The Morgan fingerprint density at radius 1 is 1.57 bits per heavy atom. The summed E-state index contributed by atoms with van der Waals surface area (Å²) in [5.74, 6) is 1.39. The van der Waals surface area contributed by atoms with Gasteiger partial charge in [0.25, 0.3) is 0 Å². The second kappa shape index (κ2) is 5.12. The van der Waals surface area contributed by atoms with Crippen molar-refractivity contribution < 1.29 is 4.74 Å². The van der Waals surface area contributed by atoms with Gasteiger partial charge in [0.15, 0.2) is 0 Å². The number of halogens is 1. The summed E-state index contributed by atoms with van der Waals surface area (Å²) in [5, 5.41) is 3.57. The average Bonchev–Trinajstić information content (AvgIpc) is 2.12. The number of hydrogen-bond donors (Lipinski definition) is 1. The van der Waals surface area contributed by atoms with Crippen LogP contribution in [0.5, 0.6) is 0 Å². The van der Waals surface area contributed by atoms with Crippen LogP contribution in [0.15, 0.2) is 6.07 Å². The second-order valence-electron chi connectivity index (χ2n) is 3.05. The first-order chi connectivity index (χ1) is 6.61. The van der Waals surface area contributed by atoms with Crippen molar-refractivity contribution in [1.82, 2.24) is 9.97 Å². The molecule has 0 spiro atoms. The molecule has 78 valence electrons. The second-order valence-corrected chi connectivity index (χ2v) is 3.44. The Labute approximate surface area is 88.7 Å². The number of anilines is 1. The number of methoxy groups -OCH3 is 1. The highest BCUT2D eigenvalue weighted by Crippen LogP contribution is 2.10. The molecule has 0 saturated heterocycles. The van der Waals surface area contributed by atoms with E-state index in [1.807, 2.05) is 6.92 Å². The molecule has 1 aromatic heterocycles. The number of nitrogens with one attached hydrogen (secondary N) is 1. The maximum atomic E-state index is 5.78. The molecule has 1 aromatic rings. The highest BCUT2D eigenvalue weighted by atomic mass is 35.5. The maximum Gasteiger partial charge on any atom is 0.134 e. The third-order valence-corrected chi connectivity index (χ3v) is 1.97. The number of hydrogen-bond acceptors (Lipinski definition) is 4. The van der Waals surface area contributed by atoms with E-state index in [1.165, 1.54) is 0 Å². The molecule has 4 nitrogen and oxygen atoms in total. The van der Waals surface area contributed by atoms with Gasteiger partial charge >= 0.3 is 0 Å². The van der Waals surface area contributed by atoms with Crippen molar-refractivity contribution in [1.29, 1.82) is 0 Å². The normalized spacial score (nSPS) is 12.6. The molecule has 14 heavy (non-hydrogen) atoms. The summed E-state index contributed by atoms with van der Waals surface area (Å²) in [5.41, 5.74) is 0. The minimum Gasteiger partial charge on any atom is -0.380 e. The van der Waals surface area contributed by atoms with E-state index < -0.39 is 0 Å². The Hall–Kier alpha value is -0.870. The van der Waals surface area contributed by atoms with Crippen LogP contribution in [0.3, 0.4) is 0 Å². The number of rotatable bonds is 4. The molecule has 0 fully saturated rings. The first-order valence-corrected chi connectivity index (χ1v) is 4.77. The number of aryl methyl sites for hydroxylation is 1. The van der Waals surface area contributed by atoms with Gasteiger partial charge in [-0.3, -0.25) is 0 Å². The molecular formula is C9H14ClN3O. The number of aromatic nitrogens is 2. The van der Waals surface area contributed by atoms with E-state index in [1.54, 1.807) is 20.1 Å². The molecule has 0 aliphatic heterocycles. The zero-order valence-corrected chi connectivity index (χ0v) is 9.30. The minimum atomic E-state index is 0.143. The summed E-state index contributed by atoms with van der Waals surface area (Å²) in [7, 11) is 1.67. The van der Waals surface area contributed by atoms with Gasteiger partial charge in [-0.1, -0.05) is 11.6 Å². The molecule has 1 rings (SSSR count). The molecule has 0 aromatic carbocycles. The van der Waals surface area contributed by atoms with Crippen LogP contribution in [0, 0.1) is 6.92 Å². The van der Waals surface area contributed by atoms with E-state index in [9.17, 15) is 0 Å². The van der Waals surface area contributed by atoms with Gasteiger partial charge in [-0.2, -0.15) is 0 Å². The van der Waals surface area contributed by atoms with E-state index in [0.29, 0.717) is 17.5 Å². The Bertz CT molecular complexity index is 286. The zero-order valence-electron chi connectivity index (χ0n) is 8.54. The van der Waals surface area contributed by atoms with E-state index >= 15 is 0 Å². The van der Waals surface area contributed by atoms with Crippen molar-refractivity contribution in [2.45, 2.75) is 20.0 Å². The predicted molar refractivity (Wildman–Crippen MR) is 56.7 cm³/mol. The van der Waals surface area contributed by atoms with Crippen molar-refractivity contribution in [2.24, 2.45) is 0 Å². The van der Waals surface area contributed by atoms with Crippen LogP contribution in [0.2, 0.25) is 5.15 Å². The quantitative estimate of drug-likeness (QED) is 0.780. The van der Waals surface area contributed by atoms with E-state index in [2.05, 4.69) is 15.3 Å². The summed E-state index contributed by atoms with van der Waals surface area (Å²) < 4.78 is 5.09. The monoisotopic (exact) mass is 215 g/mol. The molecule has 0 bridgehead atoms. The average molecular weight is 216 g/mol. The van der Waals surface area contributed by atoms with Crippen LogP contribution >= 0.6 is 11.6 Å². The van der Waals surface area contributed by atoms with Crippen LogP contribution in [-0.4, -0.2) is 29.7 Å². The first-order valence-electron chi connectivity index (χ1n) is 4.39. The lowest BCUT2D eigenvalue weighted by atomic mass is 10.4. The summed E-state index contributed by atoms with van der Waals surface area (Å²) in [6.45, 7) is 4.47. The first kappa shape index (κ1) is 11.2. The van der Waals surface area contributed by atoms with Gasteiger partial charge in [-0.05, 0) is 13.8 Å². The molecule has 1 N–H and O–H groups in total. The van der Waals surface area contributed by atoms with Gasteiger partial charge in [0, 0.05) is 19.7 Å². The smallest absolute Gasteiger partial charge is 0.134 e.